The Hall–Kier alpha value is -2.05. The van der Waals surface area contributed by atoms with Crippen LogP contribution in [0.25, 0.3) is 10.2 Å². The molecular formula is C15H12ClN3O2S. The molecule has 0 saturated carbocycles. The highest BCUT2D eigenvalue weighted by molar-refractivity contribution is 7.16. The van der Waals surface area contributed by atoms with Gasteiger partial charge in [0.15, 0.2) is 11.5 Å². The molecule has 0 fully saturated rings. The molecule has 3 aromatic rings. The van der Waals surface area contributed by atoms with Gasteiger partial charge in [0, 0.05) is 6.54 Å². The molecule has 1 N–H and O–H groups in total. The molecule has 0 aliphatic carbocycles. The van der Waals surface area contributed by atoms with Gasteiger partial charge in [-0.25, -0.2) is 9.97 Å². The lowest BCUT2D eigenvalue weighted by Crippen LogP contribution is -2.15. The highest BCUT2D eigenvalue weighted by atomic mass is 35.5. The molecule has 22 heavy (non-hydrogen) atoms. The van der Waals surface area contributed by atoms with Gasteiger partial charge in [0.1, 0.15) is 23.9 Å². The number of benzene rings is 1. The number of hydrogen-bond donors (Lipinski definition) is 1. The molecule has 0 unspecified atom stereocenters. The number of nitrogens with zero attached hydrogens (tertiary/aromatic N) is 2. The number of rotatable bonds is 3. The van der Waals surface area contributed by atoms with Gasteiger partial charge in [0.05, 0.1) is 5.39 Å². The maximum absolute atomic E-state index is 5.97. The largest absolute Gasteiger partial charge is 0.486 e. The minimum atomic E-state index is 0.250. The lowest BCUT2D eigenvalue weighted by atomic mass is 10.2. The Morgan fingerprint density at radius 1 is 1.14 bits per heavy atom. The number of halogens is 1. The van der Waals surface area contributed by atoms with Crippen LogP contribution in [0, 0.1) is 0 Å². The smallest absolute Gasteiger partial charge is 0.225 e. The molecule has 4 rings (SSSR count). The average molecular weight is 334 g/mol. The van der Waals surface area contributed by atoms with Crippen molar-refractivity contribution in [3.05, 3.63) is 40.5 Å². The Kier molecular flexibility index (Phi) is 3.48. The topological polar surface area (TPSA) is 56.3 Å². The number of nitrogens with one attached hydrogen (secondary N) is 1. The summed E-state index contributed by atoms with van der Waals surface area (Å²) >= 11 is 7.51. The van der Waals surface area contributed by atoms with E-state index >= 15 is 0 Å². The standard InChI is InChI=1S/C15H12ClN3O2S/c16-15-18-13(10-3-6-22-14(10)19-15)17-8-9-1-2-11-12(7-9)21-5-4-20-11/h1-3,6-7H,4-5,8H2,(H,17,18,19). The van der Waals surface area contributed by atoms with E-state index in [1.807, 2.05) is 29.6 Å². The number of hydrogen-bond acceptors (Lipinski definition) is 6. The van der Waals surface area contributed by atoms with E-state index in [1.165, 1.54) is 0 Å². The fourth-order valence-electron chi connectivity index (χ4n) is 2.35. The summed E-state index contributed by atoms with van der Waals surface area (Å²) in [6, 6.07) is 7.91. The first-order valence-corrected chi connectivity index (χ1v) is 8.08. The summed E-state index contributed by atoms with van der Waals surface area (Å²) in [6.07, 6.45) is 0. The second-order valence-corrected chi connectivity index (χ2v) is 6.04. The van der Waals surface area contributed by atoms with Gasteiger partial charge in [0.2, 0.25) is 5.28 Å². The Balaban J connectivity index is 1.58. The molecule has 1 aliphatic rings. The summed E-state index contributed by atoms with van der Waals surface area (Å²) in [4.78, 5) is 9.35. The van der Waals surface area contributed by atoms with Gasteiger partial charge in [-0.2, -0.15) is 0 Å². The molecule has 5 nitrogen and oxygen atoms in total. The molecule has 2 aromatic heterocycles. The highest BCUT2D eigenvalue weighted by Gasteiger charge is 2.12. The molecule has 1 aromatic carbocycles. The molecule has 1 aliphatic heterocycles. The predicted octanol–water partition coefficient (Wildman–Crippen LogP) is 3.73. The summed E-state index contributed by atoms with van der Waals surface area (Å²) in [5.41, 5.74) is 1.09. The molecule has 0 amide bonds. The molecular weight excluding hydrogens is 322 g/mol. The summed E-state index contributed by atoms with van der Waals surface area (Å²) in [6.45, 7) is 1.80. The molecule has 3 heterocycles. The zero-order chi connectivity index (χ0) is 14.9. The monoisotopic (exact) mass is 333 g/mol. The summed E-state index contributed by atoms with van der Waals surface area (Å²) in [7, 11) is 0. The Bertz CT molecular complexity index is 837. The van der Waals surface area contributed by atoms with E-state index in [0.29, 0.717) is 19.8 Å². The molecule has 0 atom stereocenters. The van der Waals surface area contributed by atoms with Crippen molar-refractivity contribution < 1.29 is 9.47 Å². The number of ether oxygens (including phenoxy) is 2. The first kappa shape index (κ1) is 13.6. The maximum Gasteiger partial charge on any atom is 0.225 e. The van der Waals surface area contributed by atoms with Crippen LogP contribution in [-0.4, -0.2) is 23.2 Å². The van der Waals surface area contributed by atoms with Crippen LogP contribution >= 0.6 is 22.9 Å². The third kappa shape index (κ3) is 2.55. The zero-order valence-electron chi connectivity index (χ0n) is 11.5. The number of thiophene rings is 1. The molecule has 0 radical (unpaired) electrons. The first-order chi connectivity index (χ1) is 10.8. The SMILES string of the molecule is Clc1nc(NCc2ccc3c(c2)OCCO3)c2ccsc2n1. The fourth-order valence-corrected chi connectivity index (χ4v) is 3.33. The van der Waals surface area contributed by atoms with E-state index in [2.05, 4.69) is 15.3 Å². The van der Waals surface area contributed by atoms with E-state index in [-0.39, 0.29) is 5.28 Å². The van der Waals surface area contributed by atoms with Gasteiger partial charge in [-0.15, -0.1) is 11.3 Å². The van der Waals surface area contributed by atoms with Crippen molar-refractivity contribution in [2.45, 2.75) is 6.54 Å². The van der Waals surface area contributed by atoms with Gasteiger partial charge in [-0.05, 0) is 40.7 Å². The predicted molar refractivity (Wildman–Crippen MR) is 87.2 cm³/mol. The van der Waals surface area contributed by atoms with Crippen molar-refractivity contribution in [2.75, 3.05) is 18.5 Å². The van der Waals surface area contributed by atoms with Gasteiger partial charge in [0.25, 0.3) is 0 Å². The lowest BCUT2D eigenvalue weighted by molar-refractivity contribution is 0.171. The molecule has 0 spiro atoms. The van der Waals surface area contributed by atoms with Crippen LogP contribution in [0.1, 0.15) is 5.56 Å². The molecule has 0 saturated heterocycles. The van der Waals surface area contributed by atoms with Gasteiger partial charge in [-0.3, -0.25) is 0 Å². The van der Waals surface area contributed by atoms with Gasteiger partial charge >= 0.3 is 0 Å². The Morgan fingerprint density at radius 3 is 2.91 bits per heavy atom. The van der Waals surface area contributed by atoms with Crippen LogP contribution in [0.4, 0.5) is 5.82 Å². The fraction of sp³-hybridized carbons (Fsp3) is 0.200. The van der Waals surface area contributed by atoms with Gasteiger partial charge < -0.3 is 14.8 Å². The summed E-state index contributed by atoms with van der Waals surface area (Å²) < 4.78 is 11.1. The minimum Gasteiger partial charge on any atom is -0.486 e. The third-order valence-corrected chi connectivity index (χ3v) is 4.34. The van der Waals surface area contributed by atoms with Crippen molar-refractivity contribution in [1.29, 1.82) is 0 Å². The van der Waals surface area contributed by atoms with E-state index in [4.69, 9.17) is 21.1 Å². The number of fused-ring (bicyclic) bond motifs is 2. The molecule has 7 heteroatoms. The van der Waals surface area contributed by atoms with Crippen LogP contribution in [0.15, 0.2) is 29.6 Å². The quantitative estimate of drug-likeness (QED) is 0.740. The zero-order valence-corrected chi connectivity index (χ0v) is 13.1. The summed E-state index contributed by atoms with van der Waals surface area (Å²) in [5.74, 6) is 2.32. The minimum absolute atomic E-state index is 0.250. The van der Waals surface area contributed by atoms with Crippen LogP contribution in [0.5, 0.6) is 11.5 Å². The second kappa shape index (κ2) is 5.62. The van der Waals surface area contributed by atoms with Crippen molar-refractivity contribution in [2.24, 2.45) is 0 Å². The van der Waals surface area contributed by atoms with Crippen LogP contribution in [0.2, 0.25) is 5.28 Å². The lowest BCUT2D eigenvalue weighted by Gasteiger charge is -2.19. The van der Waals surface area contributed by atoms with Crippen LogP contribution in [-0.2, 0) is 6.54 Å². The normalized spacial score (nSPS) is 13.3. The second-order valence-electron chi connectivity index (χ2n) is 4.81. The first-order valence-electron chi connectivity index (χ1n) is 6.83. The molecule has 0 bridgehead atoms. The van der Waals surface area contributed by atoms with E-state index in [1.54, 1.807) is 11.3 Å². The van der Waals surface area contributed by atoms with Crippen molar-refractivity contribution >= 4 is 39.0 Å². The number of aromatic nitrogens is 2. The van der Waals surface area contributed by atoms with Crippen LogP contribution in [0.3, 0.4) is 0 Å². The van der Waals surface area contributed by atoms with E-state index < -0.39 is 0 Å². The van der Waals surface area contributed by atoms with E-state index in [9.17, 15) is 0 Å². The summed E-state index contributed by atoms with van der Waals surface area (Å²) in [5, 5.41) is 6.52. The highest BCUT2D eigenvalue weighted by Crippen LogP contribution is 2.31. The molecule has 112 valence electrons. The number of anilines is 1. The Labute approximate surface area is 135 Å². The maximum atomic E-state index is 5.97. The van der Waals surface area contributed by atoms with Gasteiger partial charge in [-0.1, -0.05) is 6.07 Å². The van der Waals surface area contributed by atoms with Crippen molar-refractivity contribution in [3.8, 4) is 11.5 Å². The third-order valence-electron chi connectivity index (χ3n) is 3.36. The average Bonchev–Trinajstić information content (AvgIpc) is 3.00. The van der Waals surface area contributed by atoms with E-state index in [0.717, 1.165) is 33.1 Å². The van der Waals surface area contributed by atoms with Crippen LogP contribution < -0.4 is 14.8 Å². The Morgan fingerprint density at radius 2 is 2.00 bits per heavy atom. The van der Waals surface area contributed by atoms with Crippen molar-refractivity contribution in [3.63, 3.8) is 0 Å². The van der Waals surface area contributed by atoms with Crippen molar-refractivity contribution in [1.82, 2.24) is 9.97 Å².